The molecule has 0 N–H and O–H groups in total. The molecule has 0 bridgehead atoms. The van der Waals surface area contributed by atoms with Crippen LogP contribution in [-0.2, 0) is 4.74 Å². The molecule has 1 unspecified atom stereocenters. The molecule has 0 aromatic heterocycles. The van der Waals surface area contributed by atoms with Crippen LogP contribution in [0, 0.1) is 6.54 Å². The minimum Gasteiger partial charge on any atom is -0.379 e. The van der Waals surface area contributed by atoms with Gasteiger partial charge in [-0.1, -0.05) is 0 Å². The van der Waals surface area contributed by atoms with Gasteiger partial charge >= 0.3 is 0 Å². The molecule has 1 radical (unpaired) electrons. The van der Waals surface area contributed by atoms with Gasteiger partial charge in [-0.05, 0) is 19.1 Å². The summed E-state index contributed by atoms with van der Waals surface area (Å²) < 4.78 is 5.02. The normalized spacial score (nSPS) is 28.4. The zero-order valence-electron chi connectivity index (χ0n) is 5.00. The second-order valence-electron chi connectivity index (χ2n) is 1.83. The third kappa shape index (κ3) is 1.30. The van der Waals surface area contributed by atoms with Gasteiger partial charge in [0.15, 0.2) is 0 Å². The van der Waals surface area contributed by atoms with Crippen LogP contribution in [0.3, 0.4) is 0 Å². The van der Waals surface area contributed by atoms with Crippen molar-refractivity contribution in [3.63, 3.8) is 0 Å². The molecule has 0 aliphatic carbocycles. The molecule has 0 aromatic carbocycles. The van der Waals surface area contributed by atoms with Gasteiger partial charge in [-0.3, -0.25) is 4.99 Å². The lowest BCUT2D eigenvalue weighted by Crippen LogP contribution is -2.13. The molecule has 0 spiro atoms. The second kappa shape index (κ2) is 2.82. The van der Waals surface area contributed by atoms with Crippen molar-refractivity contribution in [1.29, 1.82) is 0 Å². The van der Waals surface area contributed by atoms with Crippen molar-refractivity contribution in [2.24, 2.45) is 4.99 Å². The number of rotatable bonds is 1. The number of nitrogens with zero attached hydrogens (tertiary/aromatic N) is 1. The maximum Gasteiger partial charge on any atom is 0.100 e. The first-order chi connectivity index (χ1) is 3.93. The third-order valence-corrected chi connectivity index (χ3v) is 1.24. The molecule has 0 saturated carbocycles. The molecule has 2 nitrogen and oxygen atoms in total. The van der Waals surface area contributed by atoms with Crippen molar-refractivity contribution in [3.05, 3.63) is 6.54 Å². The predicted molar refractivity (Wildman–Crippen MR) is 32.8 cm³/mol. The summed E-state index contributed by atoms with van der Waals surface area (Å²) in [7, 11) is 1.71. The average molecular weight is 112 g/mol. The maximum atomic E-state index is 5.02. The summed E-state index contributed by atoms with van der Waals surface area (Å²) in [6.07, 6.45) is 4.31. The van der Waals surface area contributed by atoms with Crippen LogP contribution in [0.2, 0.25) is 0 Å². The van der Waals surface area contributed by atoms with Crippen molar-refractivity contribution in [2.75, 3.05) is 7.11 Å². The van der Waals surface area contributed by atoms with Crippen molar-refractivity contribution in [1.82, 2.24) is 0 Å². The molecule has 0 amide bonds. The van der Waals surface area contributed by atoms with Crippen LogP contribution in [0.15, 0.2) is 4.99 Å². The molecule has 45 valence electrons. The van der Waals surface area contributed by atoms with Crippen molar-refractivity contribution >= 4 is 6.21 Å². The monoisotopic (exact) mass is 112 g/mol. The lowest BCUT2D eigenvalue weighted by molar-refractivity contribution is 0.120. The lowest BCUT2D eigenvalue weighted by Gasteiger charge is -2.13. The minimum absolute atomic E-state index is 0.264. The molecule has 2 heteroatoms. The summed E-state index contributed by atoms with van der Waals surface area (Å²) in [5.41, 5.74) is 0. The van der Waals surface area contributed by atoms with Gasteiger partial charge < -0.3 is 4.74 Å². The van der Waals surface area contributed by atoms with Gasteiger partial charge in [0.2, 0.25) is 0 Å². The first kappa shape index (κ1) is 5.76. The highest BCUT2D eigenvalue weighted by atomic mass is 16.5. The van der Waals surface area contributed by atoms with E-state index in [1.54, 1.807) is 7.11 Å². The molecular weight excluding hydrogens is 102 g/mol. The van der Waals surface area contributed by atoms with Crippen LogP contribution >= 0.6 is 0 Å². The minimum atomic E-state index is 0.264. The van der Waals surface area contributed by atoms with E-state index in [0.717, 1.165) is 12.8 Å². The third-order valence-electron chi connectivity index (χ3n) is 1.24. The van der Waals surface area contributed by atoms with E-state index in [4.69, 9.17) is 4.74 Å². The van der Waals surface area contributed by atoms with Crippen LogP contribution in [0.1, 0.15) is 12.8 Å². The van der Waals surface area contributed by atoms with Gasteiger partial charge in [-0.25, -0.2) is 0 Å². The van der Waals surface area contributed by atoms with Crippen LogP contribution < -0.4 is 0 Å². The zero-order valence-corrected chi connectivity index (χ0v) is 5.00. The molecule has 0 fully saturated rings. The number of hydrogen-bond donors (Lipinski definition) is 0. The Morgan fingerprint density at radius 1 is 1.75 bits per heavy atom. The van der Waals surface area contributed by atoms with Gasteiger partial charge in [0.1, 0.15) is 6.54 Å². The fourth-order valence-electron chi connectivity index (χ4n) is 0.723. The van der Waals surface area contributed by atoms with Crippen molar-refractivity contribution in [3.8, 4) is 0 Å². The van der Waals surface area contributed by atoms with E-state index in [0.29, 0.717) is 0 Å². The maximum absolute atomic E-state index is 5.02. The first-order valence-corrected chi connectivity index (χ1v) is 2.81. The van der Waals surface area contributed by atoms with E-state index in [-0.39, 0.29) is 6.10 Å². The van der Waals surface area contributed by atoms with Crippen molar-refractivity contribution in [2.45, 2.75) is 18.9 Å². The Labute approximate surface area is 49.6 Å². The van der Waals surface area contributed by atoms with E-state index in [1.807, 2.05) is 12.8 Å². The molecule has 1 atom stereocenters. The molecular formula is C6H10NO. The number of hydrogen-bond acceptors (Lipinski definition) is 2. The lowest BCUT2D eigenvalue weighted by atomic mass is 10.2. The van der Waals surface area contributed by atoms with Crippen LogP contribution in [0.5, 0.6) is 0 Å². The van der Waals surface area contributed by atoms with Crippen molar-refractivity contribution < 1.29 is 4.74 Å². The fourth-order valence-corrected chi connectivity index (χ4v) is 0.723. The highest BCUT2D eigenvalue weighted by Gasteiger charge is 2.07. The SMILES string of the molecule is COC1[CH]N=CCC1. The molecule has 1 rings (SSSR count). The Morgan fingerprint density at radius 3 is 3.00 bits per heavy atom. The van der Waals surface area contributed by atoms with Crippen LogP contribution in [0.25, 0.3) is 0 Å². The quantitative estimate of drug-likeness (QED) is 0.496. The van der Waals surface area contributed by atoms with Gasteiger partial charge in [0.25, 0.3) is 0 Å². The summed E-state index contributed by atoms with van der Waals surface area (Å²) in [5.74, 6) is 0. The highest BCUT2D eigenvalue weighted by Crippen LogP contribution is 2.08. The highest BCUT2D eigenvalue weighted by molar-refractivity contribution is 5.58. The van der Waals surface area contributed by atoms with Crippen LogP contribution in [0.4, 0.5) is 0 Å². The second-order valence-corrected chi connectivity index (χ2v) is 1.83. The molecule has 1 aliphatic heterocycles. The Morgan fingerprint density at radius 2 is 2.62 bits per heavy atom. The molecule has 0 aromatic rings. The van der Waals surface area contributed by atoms with E-state index in [9.17, 15) is 0 Å². The molecule has 1 aliphatic rings. The summed E-state index contributed by atoms with van der Waals surface area (Å²) >= 11 is 0. The fraction of sp³-hybridized carbons (Fsp3) is 0.667. The number of aliphatic imine (C=N–C) groups is 1. The molecule has 8 heavy (non-hydrogen) atoms. The van der Waals surface area contributed by atoms with Gasteiger partial charge in [0, 0.05) is 7.11 Å². The van der Waals surface area contributed by atoms with E-state index >= 15 is 0 Å². The topological polar surface area (TPSA) is 21.6 Å². The summed E-state index contributed by atoms with van der Waals surface area (Å²) in [6.45, 7) is 1.84. The average Bonchev–Trinajstić information content (AvgIpc) is 1.90. The number of methoxy groups -OCH3 is 1. The zero-order chi connectivity index (χ0) is 5.82. The van der Waals surface area contributed by atoms with Gasteiger partial charge in [-0.15, -0.1) is 0 Å². The van der Waals surface area contributed by atoms with E-state index in [1.165, 1.54) is 0 Å². The smallest absolute Gasteiger partial charge is 0.100 e. The standard InChI is InChI=1S/C6H10NO/c1-8-6-3-2-4-7-5-6/h4-6H,2-3H2,1H3. The summed E-state index contributed by atoms with van der Waals surface area (Å²) in [6, 6.07) is 0. The Hall–Kier alpha value is -0.370. The number of ether oxygens (including phenoxy) is 1. The Balaban J connectivity index is 2.27. The van der Waals surface area contributed by atoms with Gasteiger partial charge in [0.05, 0.1) is 6.10 Å². The largest absolute Gasteiger partial charge is 0.379 e. The Bertz CT molecular complexity index is 90.5. The molecule has 1 heterocycles. The predicted octanol–water partition coefficient (Wildman–Crippen LogP) is 1.03. The van der Waals surface area contributed by atoms with E-state index < -0.39 is 0 Å². The Kier molecular flexibility index (Phi) is 2.03. The first-order valence-electron chi connectivity index (χ1n) is 2.81. The molecule has 0 saturated heterocycles. The summed E-state index contributed by atoms with van der Waals surface area (Å²) in [5, 5.41) is 0. The summed E-state index contributed by atoms with van der Waals surface area (Å²) in [4.78, 5) is 3.95. The van der Waals surface area contributed by atoms with Gasteiger partial charge in [-0.2, -0.15) is 0 Å². The van der Waals surface area contributed by atoms with E-state index in [2.05, 4.69) is 4.99 Å². The van der Waals surface area contributed by atoms with Crippen LogP contribution in [-0.4, -0.2) is 19.4 Å².